The number of amides is 1. The zero-order chi connectivity index (χ0) is 19.2. The molecule has 3 atom stereocenters. The van der Waals surface area contributed by atoms with Gasteiger partial charge < -0.3 is 10.2 Å². The van der Waals surface area contributed by atoms with E-state index in [0.717, 1.165) is 12.8 Å². The number of amidine groups is 1. The van der Waals surface area contributed by atoms with Crippen molar-refractivity contribution in [2.75, 3.05) is 7.05 Å². The SMILES string of the molecule is CC(CC(=O)N(C)C1CC2CCC(C1)N2)N=C1NS(=O)(=O)c2ccccc21.Cl. The summed E-state index contributed by atoms with van der Waals surface area (Å²) in [6.07, 6.45) is 4.69. The molecule has 9 heteroatoms. The van der Waals surface area contributed by atoms with Gasteiger partial charge in [0.15, 0.2) is 0 Å². The van der Waals surface area contributed by atoms with E-state index >= 15 is 0 Å². The summed E-state index contributed by atoms with van der Waals surface area (Å²) in [6, 6.07) is 7.81. The zero-order valence-electron chi connectivity index (χ0n) is 16.1. The van der Waals surface area contributed by atoms with Crippen molar-refractivity contribution in [3.05, 3.63) is 29.8 Å². The molecule has 3 heterocycles. The minimum Gasteiger partial charge on any atom is -0.343 e. The molecule has 0 aromatic heterocycles. The molecule has 2 fully saturated rings. The maximum Gasteiger partial charge on any atom is 0.263 e. The third-order valence-electron chi connectivity index (χ3n) is 5.87. The Hall–Kier alpha value is -1.64. The van der Waals surface area contributed by atoms with Crippen LogP contribution in [-0.2, 0) is 14.8 Å². The molecule has 0 aliphatic carbocycles. The van der Waals surface area contributed by atoms with Gasteiger partial charge in [-0.25, -0.2) is 8.42 Å². The quantitative estimate of drug-likeness (QED) is 0.766. The molecule has 154 valence electrons. The van der Waals surface area contributed by atoms with Crippen LogP contribution in [0.2, 0.25) is 0 Å². The van der Waals surface area contributed by atoms with Crippen molar-refractivity contribution >= 4 is 34.2 Å². The van der Waals surface area contributed by atoms with Gasteiger partial charge in [0.1, 0.15) is 5.84 Å². The topological polar surface area (TPSA) is 90.9 Å². The molecule has 0 saturated carbocycles. The fourth-order valence-electron chi connectivity index (χ4n) is 4.44. The minimum atomic E-state index is -3.55. The van der Waals surface area contributed by atoms with Crippen molar-refractivity contribution in [3.8, 4) is 0 Å². The smallest absolute Gasteiger partial charge is 0.263 e. The summed E-state index contributed by atoms with van der Waals surface area (Å²) in [5.41, 5.74) is 0.570. The molecule has 3 aliphatic heterocycles. The van der Waals surface area contributed by atoms with Crippen LogP contribution in [0.15, 0.2) is 34.2 Å². The molecule has 0 radical (unpaired) electrons. The van der Waals surface area contributed by atoms with Crippen molar-refractivity contribution in [3.63, 3.8) is 0 Å². The Labute approximate surface area is 172 Å². The van der Waals surface area contributed by atoms with Gasteiger partial charge in [0, 0.05) is 37.2 Å². The highest BCUT2D eigenvalue weighted by Gasteiger charge is 2.36. The molecule has 1 aromatic rings. The fourth-order valence-corrected chi connectivity index (χ4v) is 5.68. The van der Waals surface area contributed by atoms with Gasteiger partial charge >= 0.3 is 0 Å². The van der Waals surface area contributed by atoms with Crippen molar-refractivity contribution < 1.29 is 13.2 Å². The monoisotopic (exact) mass is 426 g/mol. The van der Waals surface area contributed by atoms with Crippen LogP contribution < -0.4 is 10.0 Å². The number of nitrogens with one attached hydrogen (secondary N) is 2. The first-order valence-corrected chi connectivity index (χ1v) is 11.0. The summed E-state index contributed by atoms with van der Waals surface area (Å²) in [5.74, 6) is 0.390. The second-order valence-electron chi connectivity index (χ2n) is 7.90. The lowest BCUT2D eigenvalue weighted by molar-refractivity contribution is -0.132. The van der Waals surface area contributed by atoms with E-state index < -0.39 is 10.0 Å². The lowest BCUT2D eigenvalue weighted by Gasteiger charge is -2.35. The van der Waals surface area contributed by atoms with Gasteiger partial charge in [0.2, 0.25) is 5.91 Å². The molecule has 28 heavy (non-hydrogen) atoms. The van der Waals surface area contributed by atoms with Gasteiger partial charge in [-0.2, -0.15) is 0 Å². The van der Waals surface area contributed by atoms with E-state index in [1.165, 1.54) is 12.8 Å². The van der Waals surface area contributed by atoms with Crippen LogP contribution in [-0.4, -0.2) is 56.3 Å². The molecular formula is C19H27ClN4O3S. The van der Waals surface area contributed by atoms with E-state index in [1.54, 1.807) is 24.3 Å². The molecule has 1 amide bonds. The Morgan fingerprint density at radius 2 is 1.89 bits per heavy atom. The number of sulfonamides is 1. The number of rotatable bonds is 4. The number of carbonyl (C=O) groups excluding carboxylic acids is 1. The summed E-state index contributed by atoms with van der Waals surface area (Å²) < 4.78 is 26.9. The van der Waals surface area contributed by atoms with Crippen LogP contribution in [0.4, 0.5) is 0 Å². The van der Waals surface area contributed by atoms with Crippen LogP contribution >= 0.6 is 12.4 Å². The van der Waals surface area contributed by atoms with Crippen molar-refractivity contribution in [1.82, 2.24) is 14.9 Å². The third kappa shape index (κ3) is 4.04. The van der Waals surface area contributed by atoms with Gasteiger partial charge in [0.05, 0.1) is 10.9 Å². The molecule has 3 aliphatic rings. The molecular weight excluding hydrogens is 400 g/mol. The predicted octanol–water partition coefficient (Wildman–Crippen LogP) is 1.67. The van der Waals surface area contributed by atoms with Gasteiger partial charge in [-0.1, -0.05) is 12.1 Å². The number of fused-ring (bicyclic) bond motifs is 3. The third-order valence-corrected chi connectivity index (χ3v) is 7.27. The Bertz CT molecular complexity index is 877. The number of nitrogens with zero attached hydrogens (tertiary/aromatic N) is 2. The summed E-state index contributed by atoms with van der Waals surface area (Å²) in [5, 5.41) is 3.60. The Balaban J connectivity index is 0.00000225. The summed E-state index contributed by atoms with van der Waals surface area (Å²) >= 11 is 0. The van der Waals surface area contributed by atoms with Crippen molar-refractivity contribution in [2.24, 2.45) is 4.99 Å². The average molecular weight is 427 g/mol. The van der Waals surface area contributed by atoms with Crippen LogP contribution in [0.3, 0.4) is 0 Å². The number of aliphatic imine (C=N–C) groups is 1. The number of piperidine rings is 1. The Morgan fingerprint density at radius 3 is 2.57 bits per heavy atom. The molecule has 1 aromatic carbocycles. The van der Waals surface area contributed by atoms with Crippen LogP contribution in [0.1, 0.15) is 44.6 Å². The number of carbonyl (C=O) groups is 1. The van der Waals surface area contributed by atoms with Gasteiger partial charge in [-0.05, 0) is 44.7 Å². The normalized spacial score (nSPS) is 29.5. The number of hydrogen-bond donors (Lipinski definition) is 2. The fraction of sp³-hybridized carbons (Fsp3) is 0.579. The van der Waals surface area contributed by atoms with Gasteiger partial charge in [-0.15, -0.1) is 12.4 Å². The highest BCUT2D eigenvalue weighted by molar-refractivity contribution is 7.90. The predicted molar refractivity (Wildman–Crippen MR) is 110 cm³/mol. The van der Waals surface area contributed by atoms with Crippen LogP contribution in [0, 0.1) is 0 Å². The lowest BCUT2D eigenvalue weighted by atomic mass is 9.98. The number of benzene rings is 1. The summed E-state index contributed by atoms with van der Waals surface area (Å²) in [7, 11) is -1.67. The zero-order valence-corrected chi connectivity index (χ0v) is 17.7. The van der Waals surface area contributed by atoms with E-state index in [-0.39, 0.29) is 41.7 Å². The van der Waals surface area contributed by atoms with E-state index in [1.807, 2.05) is 18.9 Å². The Kier molecular flexibility index (Phi) is 6.03. The molecule has 2 bridgehead atoms. The van der Waals surface area contributed by atoms with E-state index in [2.05, 4.69) is 15.0 Å². The maximum absolute atomic E-state index is 12.7. The molecule has 3 unspecified atom stereocenters. The number of hydrogen-bond acceptors (Lipinski definition) is 5. The van der Waals surface area contributed by atoms with Gasteiger partial charge in [0.25, 0.3) is 10.0 Å². The first-order valence-electron chi connectivity index (χ1n) is 9.55. The van der Waals surface area contributed by atoms with E-state index in [0.29, 0.717) is 23.5 Å². The average Bonchev–Trinajstić information content (AvgIpc) is 3.10. The standard InChI is InChI=1S/C19H26N4O3S.ClH/c1-12(20-19-16-5-3-4-6-17(16)27(25,26)22-19)9-18(24)23(2)15-10-13-7-8-14(11-15)21-13;/h3-6,12-15,21H,7-11H2,1-2H3,(H,20,22);1H. The molecule has 7 nitrogen and oxygen atoms in total. The Morgan fingerprint density at radius 1 is 1.25 bits per heavy atom. The van der Waals surface area contributed by atoms with E-state index in [9.17, 15) is 13.2 Å². The molecule has 2 saturated heterocycles. The maximum atomic E-state index is 12.7. The highest BCUT2D eigenvalue weighted by Crippen LogP contribution is 2.29. The number of halogens is 1. The van der Waals surface area contributed by atoms with Crippen molar-refractivity contribution in [1.29, 1.82) is 0 Å². The van der Waals surface area contributed by atoms with Crippen LogP contribution in [0.5, 0.6) is 0 Å². The molecule has 4 rings (SSSR count). The first-order chi connectivity index (χ1) is 12.8. The largest absolute Gasteiger partial charge is 0.343 e. The van der Waals surface area contributed by atoms with E-state index in [4.69, 9.17) is 0 Å². The highest BCUT2D eigenvalue weighted by atomic mass is 35.5. The second kappa shape index (κ2) is 8.00. The summed E-state index contributed by atoms with van der Waals surface area (Å²) in [4.78, 5) is 19.3. The lowest BCUT2D eigenvalue weighted by Crippen LogP contribution is -2.49. The first kappa shape index (κ1) is 21.1. The van der Waals surface area contributed by atoms with Gasteiger partial charge in [-0.3, -0.25) is 14.5 Å². The van der Waals surface area contributed by atoms with Crippen molar-refractivity contribution in [2.45, 2.75) is 68.1 Å². The molecule has 2 N–H and O–H groups in total. The molecule has 0 spiro atoms. The minimum absolute atomic E-state index is 0. The summed E-state index contributed by atoms with van der Waals surface area (Å²) in [6.45, 7) is 1.85. The second-order valence-corrected chi connectivity index (χ2v) is 9.55. The van der Waals surface area contributed by atoms with Crippen LogP contribution in [0.25, 0.3) is 0 Å².